The van der Waals surface area contributed by atoms with Crippen LogP contribution in [0.4, 0.5) is 0 Å². The summed E-state index contributed by atoms with van der Waals surface area (Å²) in [6.07, 6.45) is 0. The van der Waals surface area contributed by atoms with Gasteiger partial charge in [0.25, 0.3) is 0 Å². The highest BCUT2D eigenvalue weighted by molar-refractivity contribution is 6.35. The Balaban J connectivity index is 2.16. The minimum Gasteiger partial charge on any atom is -0.383 e. The Labute approximate surface area is 136 Å². The highest BCUT2D eigenvalue weighted by atomic mass is 35.5. The standard InChI is InChI=1S/C17H19Cl2NO/c1-12(15-9-8-14(18)10-16(15)19)20-17(11-21-2)13-6-4-3-5-7-13/h3-10,12,17,20H,11H2,1-2H3. The fourth-order valence-electron chi connectivity index (χ4n) is 2.34. The van der Waals surface area contributed by atoms with Gasteiger partial charge < -0.3 is 10.1 Å². The lowest BCUT2D eigenvalue weighted by molar-refractivity contribution is 0.162. The van der Waals surface area contributed by atoms with E-state index in [1.165, 1.54) is 5.56 Å². The summed E-state index contributed by atoms with van der Waals surface area (Å²) in [5, 5.41) is 4.88. The molecule has 0 aliphatic carbocycles. The monoisotopic (exact) mass is 323 g/mol. The molecule has 0 heterocycles. The van der Waals surface area contributed by atoms with E-state index >= 15 is 0 Å². The molecule has 1 N–H and O–H groups in total. The number of rotatable bonds is 6. The predicted molar refractivity (Wildman–Crippen MR) is 89.1 cm³/mol. The lowest BCUT2D eigenvalue weighted by atomic mass is 10.0. The van der Waals surface area contributed by atoms with Crippen LogP contribution >= 0.6 is 23.2 Å². The average Bonchev–Trinajstić information content (AvgIpc) is 2.47. The van der Waals surface area contributed by atoms with Crippen LogP contribution in [0.2, 0.25) is 10.0 Å². The molecule has 0 aliphatic rings. The molecule has 0 spiro atoms. The van der Waals surface area contributed by atoms with Gasteiger partial charge in [0.1, 0.15) is 0 Å². The molecule has 0 saturated heterocycles. The van der Waals surface area contributed by atoms with Crippen molar-refractivity contribution in [1.82, 2.24) is 5.32 Å². The topological polar surface area (TPSA) is 21.3 Å². The summed E-state index contributed by atoms with van der Waals surface area (Å²) in [6, 6.07) is 16.0. The first kappa shape index (κ1) is 16.3. The summed E-state index contributed by atoms with van der Waals surface area (Å²) in [4.78, 5) is 0. The molecule has 4 heteroatoms. The van der Waals surface area contributed by atoms with Crippen LogP contribution in [0.1, 0.15) is 30.1 Å². The molecule has 0 fully saturated rings. The zero-order valence-corrected chi connectivity index (χ0v) is 13.7. The van der Waals surface area contributed by atoms with Crippen molar-refractivity contribution in [3.8, 4) is 0 Å². The molecule has 112 valence electrons. The van der Waals surface area contributed by atoms with Gasteiger partial charge in [-0.3, -0.25) is 0 Å². The molecular formula is C17H19Cl2NO. The molecule has 0 bridgehead atoms. The second kappa shape index (κ2) is 7.81. The van der Waals surface area contributed by atoms with Crippen molar-refractivity contribution in [3.63, 3.8) is 0 Å². The molecule has 2 aromatic rings. The first-order valence-corrected chi connectivity index (χ1v) is 7.62. The highest BCUT2D eigenvalue weighted by Gasteiger charge is 2.17. The maximum Gasteiger partial charge on any atom is 0.0657 e. The molecule has 2 aromatic carbocycles. The number of methoxy groups -OCH3 is 1. The highest BCUT2D eigenvalue weighted by Crippen LogP contribution is 2.28. The maximum absolute atomic E-state index is 6.28. The van der Waals surface area contributed by atoms with Gasteiger partial charge in [-0.2, -0.15) is 0 Å². The molecule has 2 nitrogen and oxygen atoms in total. The molecule has 0 amide bonds. The fraction of sp³-hybridized carbons (Fsp3) is 0.294. The quantitative estimate of drug-likeness (QED) is 0.804. The summed E-state index contributed by atoms with van der Waals surface area (Å²) in [7, 11) is 1.71. The van der Waals surface area contributed by atoms with Gasteiger partial charge in [-0.1, -0.05) is 59.6 Å². The summed E-state index contributed by atoms with van der Waals surface area (Å²) in [5.74, 6) is 0. The van der Waals surface area contributed by atoms with Crippen molar-refractivity contribution in [2.75, 3.05) is 13.7 Å². The number of halogens is 2. The van der Waals surface area contributed by atoms with Crippen molar-refractivity contribution in [2.45, 2.75) is 19.0 Å². The number of benzene rings is 2. The van der Waals surface area contributed by atoms with Crippen LogP contribution in [0.5, 0.6) is 0 Å². The molecule has 0 aromatic heterocycles. The molecular weight excluding hydrogens is 305 g/mol. The van der Waals surface area contributed by atoms with Gasteiger partial charge in [0.05, 0.1) is 12.6 Å². The number of nitrogens with one attached hydrogen (secondary N) is 1. The second-order valence-corrected chi connectivity index (χ2v) is 5.82. The van der Waals surface area contributed by atoms with Gasteiger partial charge in [-0.15, -0.1) is 0 Å². The van der Waals surface area contributed by atoms with Crippen molar-refractivity contribution >= 4 is 23.2 Å². The van der Waals surface area contributed by atoms with E-state index in [9.17, 15) is 0 Å². The van der Waals surface area contributed by atoms with E-state index < -0.39 is 0 Å². The smallest absolute Gasteiger partial charge is 0.0657 e. The Kier molecular flexibility index (Phi) is 6.07. The summed E-state index contributed by atoms with van der Waals surface area (Å²) in [6.45, 7) is 2.68. The van der Waals surface area contributed by atoms with Crippen LogP contribution < -0.4 is 5.32 Å². The molecule has 0 radical (unpaired) electrons. The van der Waals surface area contributed by atoms with Crippen LogP contribution in [-0.4, -0.2) is 13.7 Å². The van der Waals surface area contributed by atoms with Crippen LogP contribution in [-0.2, 0) is 4.74 Å². The van der Waals surface area contributed by atoms with E-state index in [1.807, 2.05) is 30.3 Å². The Morgan fingerprint density at radius 3 is 2.43 bits per heavy atom. The third-order valence-corrected chi connectivity index (χ3v) is 3.98. The normalized spacial score (nSPS) is 13.9. The molecule has 2 rings (SSSR count). The summed E-state index contributed by atoms with van der Waals surface area (Å²) >= 11 is 12.2. The lowest BCUT2D eigenvalue weighted by Crippen LogP contribution is -2.28. The zero-order chi connectivity index (χ0) is 15.2. The first-order chi connectivity index (χ1) is 10.1. The van der Waals surface area contributed by atoms with E-state index in [4.69, 9.17) is 27.9 Å². The molecule has 0 saturated carbocycles. The van der Waals surface area contributed by atoms with Gasteiger partial charge in [-0.05, 0) is 30.2 Å². The first-order valence-electron chi connectivity index (χ1n) is 6.86. The van der Waals surface area contributed by atoms with Gasteiger partial charge in [0.15, 0.2) is 0 Å². The van der Waals surface area contributed by atoms with Crippen molar-refractivity contribution < 1.29 is 4.74 Å². The van der Waals surface area contributed by atoms with Crippen LogP contribution in [0, 0.1) is 0 Å². The second-order valence-electron chi connectivity index (χ2n) is 4.97. The van der Waals surface area contributed by atoms with E-state index in [0.29, 0.717) is 16.7 Å². The minimum absolute atomic E-state index is 0.0927. The summed E-state index contributed by atoms with van der Waals surface area (Å²) in [5.41, 5.74) is 2.22. The third-order valence-electron chi connectivity index (χ3n) is 3.42. The van der Waals surface area contributed by atoms with E-state index in [-0.39, 0.29) is 12.1 Å². The van der Waals surface area contributed by atoms with Crippen molar-refractivity contribution in [3.05, 3.63) is 69.7 Å². The Morgan fingerprint density at radius 2 is 1.81 bits per heavy atom. The van der Waals surface area contributed by atoms with Gasteiger partial charge in [0.2, 0.25) is 0 Å². The predicted octanol–water partition coefficient (Wildman–Crippen LogP) is 5.03. The maximum atomic E-state index is 6.28. The average molecular weight is 324 g/mol. The van der Waals surface area contributed by atoms with Crippen LogP contribution in [0.3, 0.4) is 0 Å². The minimum atomic E-state index is 0.0927. The third kappa shape index (κ3) is 4.45. The Bertz CT molecular complexity index is 574. The van der Waals surface area contributed by atoms with Crippen LogP contribution in [0.25, 0.3) is 0 Å². The number of ether oxygens (including phenoxy) is 1. The van der Waals surface area contributed by atoms with Crippen LogP contribution in [0.15, 0.2) is 48.5 Å². The molecule has 2 unspecified atom stereocenters. The van der Waals surface area contributed by atoms with E-state index in [2.05, 4.69) is 24.4 Å². The zero-order valence-electron chi connectivity index (χ0n) is 12.1. The Hall–Kier alpha value is -1.06. The Morgan fingerprint density at radius 1 is 1.10 bits per heavy atom. The molecule has 2 atom stereocenters. The lowest BCUT2D eigenvalue weighted by Gasteiger charge is -2.24. The van der Waals surface area contributed by atoms with Crippen molar-refractivity contribution in [2.24, 2.45) is 0 Å². The largest absolute Gasteiger partial charge is 0.383 e. The molecule has 21 heavy (non-hydrogen) atoms. The number of hydrogen-bond donors (Lipinski definition) is 1. The fourth-order valence-corrected chi connectivity index (χ4v) is 2.91. The van der Waals surface area contributed by atoms with E-state index in [0.717, 1.165) is 5.56 Å². The van der Waals surface area contributed by atoms with Gasteiger partial charge in [-0.25, -0.2) is 0 Å². The number of hydrogen-bond acceptors (Lipinski definition) is 2. The molecule has 0 aliphatic heterocycles. The summed E-state index contributed by atoms with van der Waals surface area (Å²) < 4.78 is 5.33. The SMILES string of the molecule is COCC(NC(C)c1ccc(Cl)cc1Cl)c1ccccc1. The van der Waals surface area contributed by atoms with E-state index in [1.54, 1.807) is 13.2 Å². The van der Waals surface area contributed by atoms with Gasteiger partial charge in [0, 0.05) is 23.2 Å². The van der Waals surface area contributed by atoms with Gasteiger partial charge >= 0.3 is 0 Å². The van der Waals surface area contributed by atoms with Crippen molar-refractivity contribution in [1.29, 1.82) is 0 Å².